The molecule has 1 heterocycles. The molecule has 1 fully saturated rings. The summed E-state index contributed by atoms with van der Waals surface area (Å²) in [5, 5.41) is 16.1. The minimum atomic E-state index is -4.53. The number of benzene rings is 1. The smallest absolute Gasteiger partial charge is 0.417 e. The number of aromatic nitrogens is 3. The van der Waals surface area contributed by atoms with Crippen LogP contribution in [0, 0.1) is 11.3 Å². The van der Waals surface area contributed by atoms with Crippen LogP contribution in [0.25, 0.3) is 0 Å². The van der Waals surface area contributed by atoms with Crippen molar-refractivity contribution in [3.8, 4) is 11.8 Å². The quantitative estimate of drug-likeness (QED) is 0.762. The Morgan fingerprint density at radius 2 is 1.90 bits per heavy atom. The molecule has 1 amide bonds. The zero-order valence-electron chi connectivity index (χ0n) is 17.3. The molecule has 1 saturated carbocycles. The molecule has 0 spiro atoms. The SMILES string of the molecule is CC(C)c1cnc(C(N)=O)nn1.N#Cc1ccc(OC2CCCCC2)cc1C(F)(F)F. The molecule has 31 heavy (non-hydrogen) atoms. The predicted octanol–water partition coefficient (Wildman–Crippen LogP) is 4.38. The lowest BCUT2D eigenvalue weighted by molar-refractivity contribution is -0.137. The van der Waals surface area contributed by atoms with E-state index in [9.17, 15) is 18.0 Å². The zero-order valence-corrected chi connectivity index (χ0v) is 17.3. The van der Waals surface area contributed by atoms with Crippen molar-refractivity contribution in [2.24, 2.45) is 5.73 Å². The van der Waals surface area contributed by atoms with Crippen LogP contribution >= 0.6 is 0 Å². The average molecular weight is 435 g/mol. The number of alkyl halides is 3. The van der Waals surface area contributed by atoms with Crippen molar-refractivity contribution in [1.29, 1.82) is 5.26 Å². The van der Waals surface area contributed by atoms with E-state index < -0.39 is 17.6 Å². The molecule has 2 N–H and O–H groups in total. The maximum Gasteiger partial charge on any atom is 0.417 e. The molecule has 7 nitrogen and oxygen atoms in total. The normalized spacial score (nSPS) is 14.4. The Labute approximate surface area is 178 Å². The molecule has 3 rings (SSSR count). The van der Waals surface area contributed by atoms with Gasteiger partial charge in [0.25, 0.3) is 5.91 Å². The van der Waals surface area contributed by atoms with Gasteiger partial charge >= 0.3 is 6.18 Å². The Morgan fingerprint density at radius 3 is 2.39 bits per heavy atom. The van der Waals surface area contributed by atoms with E-state index in [0.29, 0.717) is 0 Å². The van der Waals surface area contributed by atoms with Gasteiger partial charge in [-0.15, -0.1) is 5.10 Å². The van der Waals surface area contributed by atoms with Gasteiger partial charge in [0.15, 0.2) is 0 Å². The number of carbonyl (C=O) groups is 1. The molecule has 1 aliphatic carbocycles. The molecule has 0 saturated heterocycles. The van der Waals surface area contributed by atoms with E-state index in [1.807, 2.05) is 13.8 Å². The average Bonchev–Trinajstić information content (AvgIpc) is 2.74. The van der Waals surface area contributed by atoms with Gasteiger partial charge in [0.2, 0.25) is 5.82 Å². The Hall–Kier alpha value is -3.22. The lowest BCUT2D eigenvalue weighted by Gasteiger charge is -2.23. The summed E-state index contributed by atoms with van der Waals surface area (Å²) in [5.74, 6) is -0.248. The van der Waals surface area contributed by atoms with Gasteiger partial charge in [0.05, 0.1) is 35.2 Å². The van der Waals surface area contributed by atoms with Gasteiger partial charge in [-0.1, -0.05) is 20.3 Å². The number of hydrogen-bond donors (Lipinski definition) is 1. The number of nitrogens with zero attached hydrogens (tertiary/aromatic N) is 4. The lowest BCUT2D eigenvalue weighted by Crippen LogP contribution is -2.20. The van der Waals surface area contributed by atoms with Crippen molar-refractivity contribution < 1.29 is 22.7 Å². The minimum Gasteiger partial charge on any atom is -0.490 e. The molecule has 0 unspecified atom stereocenters. The van der Waals surface area contributed by atoms with Crippen molar-refractivity contribution >= 4 is 5.91 Å². The highest BCUT2D eigenvalue weighted by Gasteiger charge is 2.34. The number of nitrogens with two attached hydrogens (primary N) is 1. The first-order valence-corrected chi connectivity index (χ1v) is 9.89. The predicted molar refractivity (Wildman–Crippen MR) is 106 cm³/mol. The van der Waals surface area contributed by atoms with E-state index in [4.69, 9.17) is 15.7 Å². The number of halogens is 3. The van der Waals surface area contributed by atoms with Crippen LogP contribution in [0.15, 0.2) is 24.4 Å². The van der Waals surface area contributed by atoms with Crippen molar-refractivity contribution in [2.75, 3.05) is 0 Å². The van der Waals surface area contributed by atoms with Crippen LogP contribution in [-0.4, -0.2) is 27.2 Å². The molecule has 1 aliphatic rings. The molecule has 0 aliphatic heterocycles. The van der Waals surface area contributed by atoms with Crippen LogP contribution in [0.1, 0.15) is 79.3 Å². The third kappa shape index (κ3) is 7.20. The first-order valence-electron chi connectivity index (χ1n) is 9.89. The van der Waals surface area contributed by atoms with Gasteiger partial charge in [0, 0.05) is 0 Å². The molecule has 2 aromatic rings. The molecule has 166 valence electrons. The highest BCUT2D eigenvalue weighted by atomic mass is 19.4. The van der Waals surface area contributed by atoms with Crippen LogP contribution in [0.2, 0.25) is 0 Å². The lowest BCUT2D eigenvalue weighted by atomic mass is 9.97. The summed E-state index contributed by atoms with van der Waals surface area (Å²) < 4.78 is 43.9. The van der Waals surface area contributed by atoms with Gasteiger partial charge in [-0.05, 0) is 49.8 Å². The molecular weight excluding hydrogens is 411 g/mol. The van der Waals surface area contributed by atoms with Crippen molar-refractivity contribution in [1.82, 2.24) is 15.2 Å². The Morgan fingerprint density at radius 1 is 1.23 bits per heavy atom. The second kappa shape index (κ2) is 10.7. The molecule has 0 radical (unpaired) electrons. The summed E-state index contributed by atoms with van der Waals surface area (Å²) in [6.45, 7) is 3.94. The first kappa shape index (κ1) is 24.1. The Bertz CT molecular complexity index is 918. The molecule has 1 aromatic carbocycles. The van der Waals surface area contributed by atoms with E-state index in [0.717, 1.165) is 43.9 Å². The third-order valence-corrected chi connectivity index (χ3v) is 4.66. The van der Waals surface area contributed by atoms with Gasteiger partial charge < -0.3 is 10.5 Å². The number of nitriles is 1. The van der Waals surface area contributed by atoms with E-state index >= 15 is 0 Å². The number of carbonyl (C=O) groups excluding carboxylic acids is 1. The van der Waals surface area contributed by atoms with Crippen LogP contribution in [0.5, 0.6) is 5.75 Å². The van der Waals surface area contributed by atoms with Crippen molar-refractivity contribution in [3.63, 3.8) is 0 Å². The topological polar surface area (TPSA) is 115 Å². The van der Waals surface area contributed by atoms with Gasteiger partial charge in [-0.2, -0.15) is 23.5 Å². The molecule has 10 heteroatoms. The molecular formula is C21H24F3N5O2. The van der Waals surface area contributed by atoms with Gasteiger partial charge in [0.1, 0.15) is 5.75 Å². The van der Waals surface area contributed by atoms with Crippen LogP contribution < -0.4 is 10.5 Å². The summed E-state index contributed by atoms with van der Waals surface area (Å²) in [7, 11) is 0. The van der Waals surface area contributed by atoms with E-state index in [1.165, 1.54) is 18.3 Å². The maximum atomic E-state index is 12.8. The first-order chi connectivity index (χ1) is 14.6. The number of amides is 1. The standard InChI is InChI=1S/C14H14F3NO.C7H10N4O/c15-14(16,17)13-8-12(7-6-10(13)9-18)19-11-4-2-1-3-5-11;1-4(2)5-3-9-7(6(8)12)11-10-5/h6-8,11H,1-5H2;3-4H,1-2H3,(H2,8,12). The highest BCUT2D eigenvalue weighted by molar-refractivity contribution is 5.88. The summed E-state index contributed by atoms with van der Waals surface area (Å²) in [5.41, 5.74) is 4.39. The van der Waals surface area contributed by atoms with Crippen LogP contribution in [0.3, 0.4) is 0 Å². The maximum absolute atomic E-state index is 12.8. The van der Waals surface area contributed by atoms with E-state index in [1.54, 1.807) is 6.07 Å². The number of hydrogen-bond acceptors (Lipinski definition) is 6. The van der Waals surface area contributed by atoms with Crippen LogP contribution in [0.4, 0.5) is 13.2 Å². The van der Waals surface area contributed by atoms with Crippen LogP contribution in [-0.2, 0) is 6.18 Å². The highest BCUT2D eigenvalue weighted by Crippen LogP contribution is 2.35. The summed E-state index contributed by atoms with van der Waals surface area (Å²) in [4.78, 5) is 14.3. The Kier molecular flexibility index (Phi) is 8.30. The van der Waals surface area contributed by atoms with Crippen molar-refractivity contribution in [2.45, 2.75) is 64.1 Å². The minimum absolute atomic E-state index is 0.0113. The van der Waals surface area contributed by atoms with Crippen molar-refractivity contribution in [3.05, 3.63) is 47.0 Å². The van der Waals surface area contributed by atoms with Gasteiger partial charge in [-0.3, -0.25) is 4.79 Å². The number of primary amides is 1. The second-order valence-corrected chi connectivity index (χ2v) is 7.42. The summed E-state index contributed by atoms with van der Waals surface area (Å²) >= 11 is 0. The molecule has 0 atom stereocenters. The second-order valence-electron chi connectivity index (χ2n) is 7.42. The largest absolute Gasteiger partial charge is 0.490 e. The molecule has 1 aromatic heterocycles. The fourth-order valence-electron chi connectivity index (χ4n) is 2.97. The van der Waals surface area contributed by atoms with E-state index in [2.05, 4.69) is 15.2 Å². The fourth-order valence-corrected chi connectivity index (χ4v) is 2.97. The van der Waals surface area contributed by atoms with E-state index in [-0.39, 0.29) is 29.2 Å². The Balaban J connectivity index is 0.000000245. The molecule has 0 bridgehead atoms. The van der Waals surface area contributed by atoms with Gasteiger partial charge in [-0.25, -0.2) is 4.98 Å². The third-order valence-electron chi connectivity index (χ3n) is 4.66. The summed E-state index contributed by atoms with van der Waals surface area (Å²) in [6, 6.07) is 5.08. The monoisotopic (exact) mass is 435 g/mol. The summed E-state index contributed by atoms with van der Waals surface area (Å²) in [6.07, 6.45) is 1.97. The fraction of sp³-hybridized carbons (Fsp3) is 0.476. The number of rotatable bonds is 4. The zero-order chi connectivity index (χ0) is 23.0. The number of ether oxygens (including phenoxy) is 1.